The van der Waals surface area contributed by atoms with E-state index in [9.17, 15) is 0 Å². The van der Waals surface area contributed by atoms with Crippen molar-refractivity contribution in [2.75, 3.05) is 4.90 Å². The molecule has 1 heterocycles. The van der Waals surface area contributed by atoms with Crippen LogP contribution < -0.4 is 4.90 Å². The number of nitrogens with zero attached hydrogens (tertiary/aromatic N) is 2. The molecule has 2 nitrogen and oxygen atoms in total. The molecule has 0 saturated heterocycles. The lowest BCUT2D eigenvalue weighted by Crippen LogP contribution is -2.11. The minimum atomic E-state index is 1.09. The fourth-order valence-corrected chi connectivity index (χ4v) is 8.14. The third-order valence-corrected chi connectivity index (χ3v) is 10.6. The Morgan fingerprint density at radius 3 is 1.72 bits per heavy atom. The first kappa shape index (κ1) is 31.6. The maximum atomic E-state index is 2.42. The standard InChI is InChI=1S/C52H36N2/c1-4-17-37(18-5-1)38-31-33-43(34-32-38)53(48-29-14-12-26-45(48)39-19-6-2-7-20-39)44-25-16-22-41(35-44)51-46-27-11-10-21-40(46)36-50-52(51)47-28-13-15-30-49(47)54(50)42-23-8-3-9-24-42/h1-36H. The van der Waals surface area contributed by atoms with Gasteiger partial charge in [0.15, 0.2) is 0 Å². The molecular formula is C52H36N2. The van der Waals surface area contributed by atoms with Crippen LogP contribution in [-0.2, 0) is 0 Å². The highest BCUT2D eigenvalue weighted by atomic mass is 15.1. The topological polar surface area (TPSA) is 8.17 Å². The van der Waals surface area contributed by atoms with Gasteiger partial charge in [0, 0.05) is 33.4 Å². The van der Waals surface area contributed by atoms with Crippen molar-refractivity contribution in [1.29, 1.82) is 0 Å². The fraction of sp³-hybridized carbons (Fsp3) is 0. The van der Waals surface area contributed by atoms with Gasteiger partial charge in [-0.05, 0) is 93.2 Å². The minimum absolute atomic E-state index is 1.09. The van der Waals surface area contributed by atoms with Gasteiger partial charge in [-0.25, -0.2) is 0 Å². The second kappa shape index (κ2) is 13.4. The Labute approximate surface area is 315 Å². The van der Waals surface area contributed by atoms with Crippen molar-refractivity contribution in [1.82, 2.24) is 4.57 Å². The second-order valence-corrected chi connectivity index (χ2v) is 13.7. The minimum Gasteiger partial charge on any atom is -0.310 e. The molecule has 0 aliphatic carbocycles. The molecule has 0 radical (unpaired) electrons. The summed E-state index contributed by atoms with van der Waals surface area (Å²) in [5.41, 5.74) is 14.0. The molecule has 9 aromatic carbocycles. The van der Waals surface area contributed by atoms with Crippen LogP contribution in [0.4, 0.5) is 17.1 Å². The predicted molar refractivity (Wildman–Crippen MR) is 229 cm³/mol. The van der Waals surface area contributed by atoms with Crippen LogP contribution in [0.2, 0.25) is 0 Å². The number of fused-ring (bicyclic) bond motifs is 4. The van der Waals surface area contributed by atoms with Crippen molar-refractivity contribution in [2.24, 2.45) is 0 Å². The van der Waals surface area contributed by atoms with Gasteiger partial charge in [-0.1, -0.05) is 164 Å². The molecule has 0 bridgehead atoms. The zero-order valence-corrected chi connectivity index (χ0v) is 29.7. The number of para-hydroxylation sites is 3. The molecule has 0 saturated carbocycles. The van der Waals surface area contributed by atoms with Crippen molar-refractivity contribution in [3.8, 4) is 39.1 Å². The Bertz CT molecular complexity index is 2910. The van der Waals surface area contributed by atoms with Crippen molar-refractivity contribution < 1.29 is 0 Å². The van der Waals surface area contributed by atoms with E-state index in [0.717, 1.165) is 22.7 Å². The molecule has 0 amide bonds. The van der Waals surface area contributed by atoms with Gasteiger partial charge in [0.25, 0.3) is 0 Å². The fourth-order valence-electron chi connectivity index (χ4n) is 8.14. The second-order valence-electron chi connectivity index (χ2n) is 13.7. The summed E-state index contributed by atoms with van der Waals surface area (Å²) in [5, 5.41) is 4.95. The van der Waals surface area contributed by atoms with Crippen LogP contribution >= 0.6 is 0 Å². The van der Waals surface area contributed by atoms with E-state index in [1.807, 2.05) is 0 Å². The monoisotopic (exact) mass is 688 g/mol. The molecule has 10 aromatic rings. The Morgan fingerprint density at radius 1 is 0.352 bits per heavy atom. The van der Waals surface area contributed by atoms with E-state index in [2.05, 4.69) is 228 Å². The number of aromatic nitrogens is 1. The smallest absolute Gasteiger partial charge is 0.0553 e. The van der Waals surface area contributed by atoms with E-state index in [-0.39, 0.29) is 0 Å². The van der Waals surface area contributed by atoms with Crippen LogP contribution in [0.15, 0.2) is 218 Å². The van der Waals surface area contributed by atoms with Crippen LogP contribution in [0.25, 0.3) is 71.6 Å². The predicted octanol–water partition coefficient (Wildman–Crippen LogP) is 14.4. The van der Waals surface area contributed by atoms with Gasteiger partial charge >= 0.3 is 0 Å². The van der Waals surface area contributed by atoms with E-state index in [1.54, 1.807) is 0 Å². The molecule has 0 spiro atoms. The maximum Gasteiger partial charge on any atom is 0.0553 e. The van der Waals surface area contributed by atoms with Gasteiger partial charge in [0.05, 0.1) is 16.7 Å². The first-order chi connectivity index (χ1) is 26.8. The highest BCUT2D eigenvalue weighted by Gasteiger charge is 2.22. The molecule has 1 aromatic heterocycles. The van der Waals surface area contributed by atoms with Gasteiger partial charge < -0.3 is 9.47 Å². The average molecular weight is 689 g/mol. The van der Waals surface area contributed by atoms with E-state index in [1.165, 1.54) is 66.0 Å². The summed E-state index contributed by atoms with van der Waals surface area (Å²) in [4.78, 5) is 2.41. The van der Waals surface area contributed by atoms with Crippen LogP contribution in [0.1, 0.15) is 0 Å². The Hall–Kier alpha value is -7.16. The number of anilines is 3. The molecule has 0 unspecified atom stereocenters. The lowest BCUT2D eigenvalue weighted by atomic mass is 9.92. The molecule has 0 aliphatic rings. The molecule has 2 heteroatoms. The molecule has 0 N–H and O–H groups in total. The van der Waals surface area contributed by atoms with Crippen molar-refractivity contribution in [3.63, 3.8) is 0 Å². The highest BCUT2D eigenvalue weighted by molar-refractivity contribution is 6.23. The zero-order chi connectivity index (χ0) is 35.8. The number of hydrogen-bond acceptors (Lipinski definition) is 1. The average Bonchev–Trinajstić information content (AvgIpc) is 3.58. The van der Waals surface area contributed by atoms with Gasteiger partial charge in [0.2, 0.25) is 0 Å². The molecule has 0 fully saturated rings. The van der Waals surface area contributed by atoms with Gasteiger partial charge in [0.1, 0.15) is 0 Å². The van der Waals surface area contributed by atoms with Crippen LogP contribution in [0.3, 0.4) is 0 Å². The zero-order valence-electron chi connectivity index (χ0n) is 29.7. The van der Waals surface area contributed by atoms with E-state index in [4.69, 9.17) is 0 Å². The lowest BCUT2D eigenvalue weighted by molar-refractivity contribution is 1.18. The Balaban J connectivity index is 1.23. The summed E-state index contributed by atoms with van der Waals surface area (Å²) in [6, 6.07) is 78.9. The lowest BCUT2D eigenvalue weighted by Gasteiger charge is -2.28. The van der Waals surface area contributed by atoms with Gasteiger partial charge in [-0.15, -0.1) is 0 Å². The normalized spacial score (nSPS) is 11.3. The largest absolute Gasteiger partial charge is 0.310 e. The van der Waals surface area contributed by atoms with Crippen LogP contribution in [0, 0.1) is 0 Å². The third-order valence-electron chi connectivity index (χ3n) is 10.6. The molecule has 0 atom stereocenters. The highest BCUT2D eigenvalue weighted by Crippen LogP contribution is 2.46. The summed E-state index contributed by atoms with van der Waals surface area (Å²) < 4.78 is 2.42. The Kier molecular flexibility index (Phi) is 7.85. The molecule has 10 rings (SSSR count). The molecule has 254 valence electrons. The number of rotatable bonds is 7. The maximum absolute atomic E-state index is 2.42. The summed E-state index contributed by atoms with van der Waals surface area (Å²) >= 11 is 0. The summed E-state index contributed by atoms with van der Waals surface area (Å²) in [6.45, 7) is 0. The first-order valence-corrected chi connectivity index (χ1v) is 18.5. The van der Waals surface area contributed by atoms with E-state index >= 15 is 0 Å². The van der Waals surface area contributed by atoms with E-state index in [0.29, 0.717) is 0 Å². The van der Waals surface area contributed by atoms with Gasteiger partial charge in [-0.3, -0.25) is 0 Å². The SMILES string of the molecule is c1ccc(-c2ccc(N(c3cccc(-c4c5ccccc5cc5c4c4ccccc4n5-c4ccccc4)c3)c3ccccc3-c3ccccc3)cc2)cc1. The first-order valence-electron chi connectivity index (χ1n) is 18.5. The van der Waals surface area contributed by atoms with Crippen LogP contribution in [0.5, 0.6) is 0 Å². The van der Waals surface area contributed by atoms with Crippen molar-refractivity contribution in [3.05, 3.63) is 218 Å². The number of benzene rings is 9. The molecular weight excluding hydrogens is 653 g/mol. The van der Waals surface area contributed by atoms with Crippen LogP contribution in [-0.4, -0.2) is 4.57 Å². The van der Waals surface area contributed by atoms with Gasteiger partial charge in [-0.2, -0.15) is 0 Å². The summed E-state index contributed by atoms with van der Waals surface area (Å²) in [6.07, 6.45) is 0. The van der Waals surface area contributed by atoms with Crippen molar-refractivity contribution in [2.45, 2.75) is 0 Å². The van der Waals surface area contributed by atoms with Crippen molar-refractivity contribution >= 4 is 49.6 Å². The quantitative estimate of drug-likeness (QED) is 0.162. The Morgan fingerprint density at radius 2 is 0.944 bits per heavy atom. The summed E-state index contributed by atoms with van der Waals surface area (Å²) in [7, 11) is 0. The third kappa shape index (κ3) is 5.44. The summed E-state index contributed by atoms with van der Waals surface area (Å²) in [5.74, 6) is 0. The molecule has 0 aliphatic heterocycles. The number of hydrogen-bond donors (Lipinski definition) is 0. The van der Waals surface area contributed by atoms with E-state index < -0.39 is 0 Å². The molecule has 54 heavy (non-hydrogen) atoms.